The van der Waals surface area contributed by atoms with Gasteiger partial charge in [-0.25, -0.2) is 13.2 Å². The van der Waals surface area contributed by atoms with Gasteiger partial charge in [0.2, 0.25) is 10.0 Å². The Hall–Kier alpha value is -2.91. The van der Waals surface area contributed by atoms with Gasteiger partial charge in [0, 0.05) is 18.8 Å². The second kappa shape index (κ2) is 10.6. The maximum atomic E-state index is 12.4. The van der Waals surface area contributed by atoms with E-state index in [1.54, 1.807) is 38.1 Å². The Morgan fingerprint density at radius 1 is 0.931 bits per heavy atom. The van der Waals surface area contributed by atoms with Crippen molar-refractivity contribution in [3.05, 3.63) is 54.6 Å². The summed E-state index contributed by atoms with van der Waals surface area (Å²) >= 11 is 0. The first-order chi connectivity index (χ1) is 13.9. The Morgan fingerprint density at radius 2 is 1.55 bits per heavy atom. The fourth-order valence-electron chi connectivity index (χ4n) is 2.47. The SMILES string of the molecule is CCN(CC)S(=O)(=O)c1ccc(NC(=O)COC(=O)COc2ccccc2)cc1. The number of rotatable bonds is 10. The first kappa shape index (κ1) is 22.4. The van der Waals surface area contributed by atoms with Gasteiger partial charge >= 0.3 is 5.97 Å². The second-order valence-corrected chi connectivity index (χ2v) is 7.86. The Balaban J connectivity index is 1.82. The third-order valence-corrected chi connectivity index (χ3v) is 6.01. The molecule has 2 aromatic rings. The molecule has 0 spiro atoms. The summed E-state index contributed by atoms with van der Waals surface area (Å²) in [7, 11) is -3.56. The molecule has 0 aliphatic carbocycles. The highest BCUT2D eigenvalue weighted by Crippen LogP contribution is 2.18. The highest BCUT2D eigenvalue weighted by molar-refractivity contribution is 7.89. The average molecular weight is 420 g/mol. The van der Waals surface area contributed by atoms with Crippen LogP contribution in [0.1, 0.15) is 13.8 Å². The van der Waals surface area contributed by atoms with Crippen LogP contribution < -0.4 is 10.1 Å². The largest absolute Gasteiger partial charge is 0.482 e. The molecule has 0 aromatic heterocycles. The minimum atomic E-state index is -3.56. The Morgan fingerprint density at radius 3 is 2.14 bits per heavy atom. The molecule has 1 amide bonds. The number of carbonyl (C=O) groups is 2. The predicted molar refractivity (Wildman–Crippen MR) is 108 cm³/mol. The smallest absolute Gasteiger partial charge is 0.344 e. The molecule has 0 heterocycles. The molecule has 9 heteroatoms. The molecule has 0 unspecified atom stereocenters. The summed E-state index contributed by atoms with van der Waals surface area (Å²) in [6.07, 6.45) is 0. The van der Waals surface area contributed by atoms with Crippen molar-refractivity contribution in [3.8, 4) is 5.75 Å². The number of esters is 1. The van der Waals surface area contributed by atoms with Crippen LogP contribution in [-0.4, -0.2) is 50.9 Å². The van der Waals surface area contributed by atoms with E-state index in [4.69, 9.17) is 9.47 Å². The third kappa shape index (κ3) is 6.58. The molecule has 0 saturated heterocycles. The van der Waals surface area contributed by atoms with Gasteiger partial charge in [0.15, 0.2) is 13.2 Å². The fraction of sp³-hybridized carbons (Fsp3) is 0.300. The van der Waals surface area contributed by atoms with Crippen LogP contribution in [0, 0.1) is 0 Å². The van der Waals surface area contributed by atoms with Gasteiger partial charge in [-0.15, -0.1) is 0 Å². The van der Waals surface area contributed by atoms with Gasteiger partial charge in [-0.1, -0.05) is 32.0 Å². The number of nitrogens with zero attached hydrogens (tertiary/aromatic N) is 1. The molecule has 8 nitrogen and oxygen atoms in total. The van der Waals surface area contributed by atoms with Gasteiger partial charge < -0.3 is 14.8 Å². The number of hydrogen-bond donors (Lipinski definition) is 1. The molecule has 0 radical (unpaired) electrons. The quantitative estimate of drug-likeness (QED) is 0.592. The van der Waals surface area contributed by atoms with Crippen LogP contribution in [0.15, 0.2) is 59.5 Å². The average Bonchev–Trinajstić information content (AvgIpc) is 2.72. The van der Waals surface area contributed by atoms with E-state index in [0.717, 1.165) is 0 Å². The number of hydrogen-bond acceptors (Lipinski definition) is 6. The third-order valence-electron chi connectivity index (χ3n) is 3.95. The van der Waals surface area contributed by atoms with Gasteiger partial charge in [0.05, 0.1) is 4.90 Å². The van der Waals surface area contributed by atoms with E-state index < -0.39 is 28.5 Å². The molecule has 0 aliphatic heterocycles. The molecular formula is C20H24N2O6S. The molecule has 29 heavy (non-hydrogen) atoms. The van der Waals surface area contributed by atoms with Crippen molar-refractivity contribution in [2.24, 2.45) is 0 Å². The molecule has 2 rings (SSSR count). The lowest BCUT2D eigenvalue weighted by atomic mass is 10.3. The number of ether oxygens (including phenoxy) is 2. The van der Waals surface area contributed by atoms with E-state index in [-0.39, 0.29) is 11.5 Å². The van der Waals surface area contributed by atoms with Crippen LogP contribution >= 0.6 is 0 Å². The summed E-state index contributed by atoms with van der Waals surface area (Å²) in [5, 5.41) is 2.54. The summed E-state index contributed by atoms with van der Waals surface area (Å²) in [5.74, 6) is -0.698. The predicted octanol–water partition coefficient (Wildman–Crippen LogP) is 2.28. The standard InChI is InChI=1S/C20H24N2O6S/c1-3-22(4-2)29(25,26)18-12-10-16(11-13-18)21-19(23)14-28-20(24)15-27-17-8-6-5-7-9-17/h5-13H,3-4,14-15H2,1-2H3,(H,21,23). The van der Waals surface area contributed by atoms with Crippen LogP contribution in [0.3, 0.4) is 0 Å². The number of carbonyl (C=O) groups excluding carboxylic acids is 2. The first-order valence-electron chi connectivity index (χ1n) is 9.10. The van der Waals surface area contributed by atoms with Crippen molar-refractivity contribution in [1.82, 2.24) is 4.31 Å². The first-order valence-corrected chi connectivity index (χ1v) is 10.5. The zero-order valence-electron chi connectivity index (χ0n) is 16.3. The van der Waals surface area contributed by atoms with Crippen LogP contribution in [0.4, 0.5) is 5.69 Å². The van der Waals surface area contributed by atoms with E-state index in [2.05, 4.69) is 5.32 Å². The number of amides is 1. The number of anilines is 1. The molecule has 2 aromatic carbocycles. The van der Waals surface area contributed by atoms with Crippen molar-refractivity contribution < 1.29 is 27.5 Å². The molecule has 156 valence electrons. The minimum Gasteiger partial charge on any atom is -0.482 e. The Kier molecular flexibility index (Phi) is 8.17. The van der Waals surface area contributed by atoms with Crippen molar-refractivity contribution in [3.63, 3.8) is 0 Å². The number of nitrogens with one attached hydrogen (secondary N) is 1. The summed E-state index contributed by atoms with van der Waals surface area (Å²) in [6, 6.07) is 14.6. The van der Waals surface area contributed by atoms with Crippen LogP contribution in [-0.2, 0) is 24.3 Å². The Bertz CT molecular complexity index is 910. The van der Waals surface area contributed by atoms with Gasteiger partial charge in [0.25, 0.3) is 5.91 Å². The van der Waals surface area contributed by atoms with Crippen molar-refractivity contribution in [2.75, 3.05) is 31.6 Å². The van der Waals surface area contributed by atoms with E-state index in [0.29, 0.717) is 24.5 Å². The van der Waals surface area contributed by atoms with Crippen LogP contribution in [0.2, 0.25) is 0 Å². The molecule has 0 saturated carbocycles. The minimum absolute atomic E-state index is 0.142. The van der Waals surface area contributed by atoms with Crippen molar-refractivity contribution in [2.45, 2.75) is 18.7 Å². The molecule has 1 N–H and O–H groups in total. The Labute approximate surface area is 170 Å². The maximum absolute atomic E-state index is 12.4. The van der Waals surface area contributed by atoms with Gasteiger partial charge in [-0.2, -0.15) is 4.31 Å². The van der Waals surface area contributed by atoms with Gasteiger partial charge in [0.1, 0.15) is 5.75 Å². The van der Waals surface area contributed by atoms with Gasteiger partial charge in [-0.05, 0) is 36.4 Å². The molecule has 0 fully saturated rings. The summed E-state index contributed by atoms with van der Waals surface area (Å²) in [4.78, 5) is 23.7. The lowest BCUT2D eigenvalue weighted by molar-refractivity contribution is -0.149. The fourth-order valence-corrected chi connectivity index (χ4v) is 3.92. The van der Waals surface area contributed by atoms with E-state index in [1.165, 1.54) is 28.6 Å². The van der Waals surface area contributed by atoms with E-state index in [9.17, 15) is 18.0 Å². The highest BCUT2D eigenvalue weighted by Gasteiger charge is 2.21. The van der Waals surface area contributed by atoms with Crippen LogP contribution in [0.25, 0.3) is 0 Å². The summed E-state index contributed by atoms with van der Waals surface area (Å²) < 4.78 is 36.3. The second-order valence-electron chi connectivity index (χ2n) is 5.92. The number of para-hydroxylation sites is 1. The summed E-state index contributed by atoms with van der Waals surface area (Å²) in [6.45, 7) is 3.49. The molecule has 0 atom stereocenters. The highest BCUT2D eigenvalue weighted by atomic mass is 32.2. The lowest BCUT2D eigenvalue weighted by Gasteiger charge is -2.18. The number of benzene rings is 2. The van der Waals surface area contributed by atoms with Crippen LogP contribution in [0.5, 0.6) is 5.75 Å². The molecular weight excluding hydrogens is 396 g/mol. The van der Waals surface area contributed by atoms with E-state index >= 15 is 0 Å². The molecule has 0 aliphatic rings. The van der Waals surface area contributed by atoms with Crippen molar-refractivity contribution >= 4 is 27.6 Å². The summed E-state index contributed by atoms with van der Waals surface area (Å²) in [5.41, 5.74) is 0.394. The van der Waals surface area contributed by atoms with Gasteiger partial charge in [-0.3, -0.25) is 4.79 Å². The van der Waals surface area contributed by atoms with E-state index in [1.807, 2.05) is 6.07 Å². The maximum Gasteiger partial charge on any atom is 0.344 e. The zero-order chi connectivity index (χ0) is 21.3. The topological polar surface area (TPSA) is 102 Å². The number of sulfonamides is 1. The zero-order valence-corrected chi connectivity index (χ0v) is 17.1. The van der Waals surface area contributed by atoms with Crippen molar-refractivity contribution in [1.29, 1.82) is 0 Å². The molecule has 0 bridgehead atoms. The monoisotopic (exact) mass is 420 g/mol. The normalized spacial score (nSPS) is 11.1. The lowest BCUT2D eigenvalue weighted by Crippen LogP contribution is -2.30.